The maximum atomic E-state index is 9.30. The fraction of sp³-hybridized carbons (Fsp3) is 0. The molecule has 0 saturated carbocycles. The molecule has 1 aromatic carbocycles. The van der Waals surface area contributed by atoms with Gasteiger partial charge in [0.2, 0.25) is 0 Å². The first-order chi connectivity index (χ1) is 13.7. The van der Waals surface area contributed by atoms with Gasteiger partial charge in [0.15, 0.2) is 0 Å². The Bertz CT molecular complexity index is 1320. The van der Waals surface area contributed by atoms with Crippen molar-refractivity contribution >= 4 is 17.5 Å². The van der Waals surface area contributed by atoms with E-state index in [1.165, 1.54) is 0 Å². The Hall–Kier alpha value is -4.17. The van der Waals surface area contributed by atoms with Gasteiger partial charge in [-0.3, -0.25) is 0 Å². The van der Waals surface area contributed by atoms with E-state index in [0.29, 0.717) is 5.56 Å². The monoisotopic (exact) mass is 361 g/mol. The average Bonchev–Trinajstić information content (AvgIpc) is 3.20. The van der Waals surface area contributed by atoms with E-state index in [2.05, 4.69) is 29.0 Å². The standard InChI is InChI=1S/C23H15N5/c1-15-5-6-18-12-20(19-7-8-21-25-9-10-28(21)14-19)22(27-23(18)26-15)17-4-2-3-16(11-17)13-24/h2-12,14H,1H2,(H,26,27). The largest absolute Gasteiger partial charge is 0.340 e. The summed E-state index contributed by atoms with van der Waals surface area (Å²) in [4.78, 5) is 9.21. The smallest absolute Gasteiger partial charge is 0.138 e. The molecule has 5 heteroatoms. The van der Waals surface area contributed by atoms with Crippen LogP contribution in [-0.2, 0) is 0 Å². The molecule has 0 radical (unpaired) electrons. The van der Waals surface area contributed by atoms with Crippen LogP contribution in [0.5, 0.6) is 0 Å². The van der Waals surface area contributed by atoms with Crippen molar-refractivity contribution in [1.29, 1.82) is 5.26 Å². The first-order valence-corrected chi connectivity index (χ1v) is 8.84. The maximum Gasteiger partial charge on any atom is 0.138 e. The zero-order valence-corrected chi connectivity index (χ0v) is 14.9. The van der Waals surface area contributed by atoms with Crippen molar-refractivity contribution in [3.63, 3.8) is 0 Å². The molecule has 1 N–H and O–H groups in total. The Kier molecular flexibility index (Phi) is 3.56. The molecule has 0 aliphatic carbocycles. The van der Waals surface area contributed by atoms with E-state index in [9.17, 15) is 5.26 Å². The van der Waals surface area contributed by atoms with Crippen LogP contribution in [0.3, 0.4) is 0 Å². The van der Waals surface area contributed by atoms with Crippen LogP contribution < -0.4 is 5.32 Å². The van der Waals surface area contributed by atoms with Crippen LogP contribution in [0, 0.1) is 11.3 Å². The third-order valence-electron chi connectivity index (χ3n) is 4.76. The second kappa shape index (κ2) is 6.22. The summed E-state index contributed by atoms with van der Waals surface area (Å²) in [5, 5.41) is 12.5. The molecule has 5 nitrogen and oxygen atoms in total. The summed E-state index contributed by atoms with van der Waals surface area (Å²) in [6.07, 6.45) is 9.69. The van der Waals surface area contributed by atoms with Crippen LogP contribution in [0.2, 0.25) is 0 Å². The Balaban J connectivity index is 1.78. The van der Waals surface area contributed by atoms with E-state index in [1.54, 1.807) is 12.3 Å². The Morgan fingerprint density at radius 1 is 1.07 bits per heavy atom. The molecule has 1 aliphatic rings. The summed E-state index contributed by atoms with van der Waals surface area (Å²) in [6, 6.07) is 15.9. The number of hydrogen-bond acceptors (Lipinski definition) is 4. The van der Waals surface area contributed by atoms with Gasteiger partial charge in [-0.15, -0.1) is 0 Å². The summed E-state index contributed by atoms with van der Waals surface area (Å²) < 4.78 is 1.99. The molecule has 1 aliphatic heterocycles. The number of nitrogens with one attached hydrogen (secondary N) is 1. The first kappa shape index (κ1) is 16.0. The van der Waals surface area contributed by atoms with Gasteiger partial charge in [0.25, 0.3) is 0 Å². The van der Waals surface area contributed by atoms with Gasteiger partial charge in [-0.05, 0) is 42.5 Å². The lowest BCUT2D eigenvalue weighted by Crippen LogP contribution is -2.06. The average molecular weight is 361 g/mol. The molecule has 5 rings (SSSR count). The van der Waals surface area contributed by atoms with Gasteiger partial charge in [0.05, 0.1) is 17.3 Å². The summed E-state index contributed by atoms with van der Waals surface area (Å²) >= 11 is 0. The summed E-state index contributed by atoms with van der Waals surface area (Å²) in [5.41, 5.74) is 7.00. The molecule has 4 heterocycles. The summed E-state index contributed by atoms with van der Waals surface area (Å²) in [7, 11) is 0. The van der Waals surface area contributed by atoms with Crippen LogP contribution in [0.25, 0.3) is 34.1 Å². The zero-order valence-electron chi connectivity index (χ0n) is 14.9. The van der Waals surface area contributed by atoms with Gasteiger partial charge in [-0.2, -0.15) is 5.26 Å². The molecule has 0 bridgehead atoms. The number of hydrogen-bond donors (Lipinski definition) is 1. The van der Waals surface area contributed by atoms with Crippen molar-refractivity contribution in [2.24, 2.45) is 0 Å². The highest BCUT2D eigenvalue weighted by Gasteiger charge is 2.17. The lowest BCUT2D eigenvalue weighted by atomic mass is 9.96. The molecule has 28 heavy (non-hydrogen) atoms. The van der Waals surface area contributed by atoms with Crippen molar-refractivity contribution in [2.75, 3.05) is 5.32 Å². The molecule has 0 unspecified atom stereocenters. The molecular weight excluding hydrogens is 346 g/mol. The number of aromatic nitrogens is 3. The zero-order chi connectivity index (χ0) is 19.1. The van der Waals surface area contributed by atoms with E-state index < -0.39 is 0 Å². The van der Waals surface area contributed by atoms with Gasteiger partial charge < -0.3 is 9.72 Å². The van der Waals surface area contributed by atoms with Gasteiger partial charge >= 0.3 is 0 Å². The van der Waals surface area contributed by atoms with Crippen molar-refractivity contribution in [2.45, 2.75) is 0 Å². The minimum atomic E-state index is 0.602. The third-order valence-corrected chi connectivity index (χ3v) is 4.76. The van der Waals surface area contributed by atoms with Crippen LogP contribution >= 0.6 is 0 Å². The van der Waals surface area contributed by atoms with Crippen LogP contribution in [-0.4, -0.2) is 14.4 Å². The summed E-state index contributed by atoms with van der Waals surface area (Å²) in [6.45, 7) is 3.96. The maximum absolute atomic E-state index is 9.30. The highest BCUT2D eigenvalue weighted by molar-refractivity contribution is 5.87. The first-order valence-electron chi connectivity index (χ1n) is 8.84. The predicted octanol–water partition coefficient (Wildman–Crippen LogP) is 4.89. The highest BCUT2D eigenvalue weighted by atomic mass is 15.0. The predicted molar refractivity (Wildman–Crippen MR) is 110 cm³/mol. The van der Waals surface area contributed by atoms with Crippen LogP contribution in [0.1, 0.15) is 11.1 Å². The van der Waals surface area contributed by atoms with E-state index in [0.717, 1.165) is 45.1 Å². The van der Waals surface area contributed by atoms with Crippen molar-refractivity contribution in [1.82, 2.24) is 14.4 Å². The molecule has 0 amide bonds. The van der Waals surface area contributed by atoms with Gasteiger partial charge in [0, 0.05) is 46.5 Å². The summed E-state index contributed by atoms with van der Waals surface area (Å²) in [5.74, 6) is 0.761. The molecule has 0 spiro atoms. The number of allylic oxidation sites excluding steroid dienone is 1. The topological polar surface area (TPSA) is 66.0 Å². The minimum absolute atomic E-state index is 0.602. The van der Waals surface area contributed by atoms with Crippen molar-refractivity contribution < 1.29 is 0 Å². The van der Waals surface area contributed by atoms with E-state index in [1.807, 2.05) is 59.3 Å². The lowest BCUT2D eigenvalue weighted by Gasteiger charge is -2.18. The Morgan fingerprint density at radius 3 is 2.89 bits per heavy atom. The second-order valence-electron chi connectivity index (χ2n) is 6.61. The lowest BCUT2D eigenvalue weighted by molar-refractivity contribution is 1.18. The van der Waals surface area contributed by atoms with E-state index in [-0.39, 0.29) is 0 Å². The van der Waals surface area contributed by atoms with Gasteiger partial charge in [-0.1, -0.05) is 18.7 Å². The number of anilines is 1. The van der Waals surface area contributed by atoms with Crippen molar-refractivity contribution in [3.8, 4) is 28.5 Å². The van der Waals surface area contributed by atoms with E-state index >= 15 is 0 Å². The van der Waals surface area contributed by atoms with Gasteiger partial charge in [-0.25, -0.2) is 9.97 Å². The Morgan fingerprint density at radius 2 is 2.00 bits per heavy atom. The number of pyridine rings is 2. The number of benzene rings is 1. The SMILES string of the molecule is C=C1C=Cc2cc(-c3ccc4nccn4c3)c(-c3cccc(C#N)c3)nc2N1. The Labute approximate surface area is 161 Å². The minimum Gasteiger partial charge on any atom is -0.340 e. The molecule has 132 valence electrons. The fourth-order valence-corrected chi connectivity index (χ4v) is 3.40. The molecule has 0 atom stereocenters. The molecule has 3 aromatic heterocycles. The number of nitriles is 1. The van der Waals surface area contributed by atoms with Crippen LogP contribution in [0.15, 0.2) is 79.4 Å². The normalized spacial score (nSPS) is 12.5. The molecule has 0 saturated heterocycles. The quantitative estimate of drug-likeness (QED) is 0.552. The number of rotatable bonds is 2. The molecule has 4 aromatic rings. The highest BCUT2D eigenvalue weighted by Crippen LogP contribution is 2.36. The van der Waals surface area contributed by atoms with Crippen molar-refractivity contribution in [3.05, 3.63) is 90.5 Å². The van der Waals surface area contributed by atoms with E-state index in [4.69, 9.17) is 4.98 Å². The molecule has 0 fully saturated rings. The number of nitrogens with zero attached hydrogens (tertiary/aromatic N) is 4. The number of imidazole rings is 1. The van der Waals surface area contributed by atoms with Crippen LogP contribution in [0.4, 0.5) is 5.82 Å². The number of fused-ring (bicyclic) bond motifs is 2. The van der Waals surface area contributed by atoms with Gasteiger partial charge in [0.1, 0.15) is 11.5 Å². The molecular formula is C23H15N5. The second-order valence-corrected chi connectivity index (χ2v) is 6.61. The third kappa shape index (κ3) is 2.65. The fourth-order valence-electron chi connectivity index (χ4n) is 3.40.